The van der Waals surface area contributed by atoms with E-state index in [-0.39, 0.29) is 30.2 Å². The maximum absolute atomic E-state index is 10.1. The largest absolute Gasteiger partial charge is 0.496 e. The molecule has 20 heavy (non-hydrogen) atoms. The van der Waals surface area contributed by atoms with E-state index in [1.54, 1.807) is 0 Å². The molecule has 0 aromatic heterocycles. The second-order valence-electron chi connectivity index (χ2n) is 4.00. The highest BCUT2D eigenvalue weighted by Gasteiger charge is 2.26. The minimum atomic E-state index is -1.35. The fourth-order valence-electron chi connectivity index (χ4n) is 1.79. The quantitative estimate of drug-likeness (QED) is 0.389. The predicted molar refractivity (Wildman–Crippen MR) is 70.4 cm³/mol. The molecule has 1 aromatic rings. The van der Waals surface area contributed by atoms with Crippen molar-refractivity contribution in [2.45, 2.75) is 18.8 Å². The third-order valence-corrected chi connectivity index (χ3v) is 2.78. The van der Waals surface area contributed by atoms with Crippen LogP contribution < -0.4 is 9.47 Å². The van der Waals surface area contributed by atoms with Gasteiger partial charge in [0.15, 0.2) is 0 Å². The van der Waals surface area contributed by atoms with Crippen LogP contribution in [0.1, 0.15) is 17.2 Å². The van der Waals surface area contributed by atoms with E-state index in [1.807, 2.05) is 0 Å². The summed E-state index contributed by atoms with van der Waals surface area (Å²) in [6, 6.07) is 3.06. The van der Waals surface area contributed by atoms with E-state index in [2.05, 4.69) is 10.0 Å². The van der Waals surface area contributed by atoms with Crippen LogP contribution in [0.3, 0.4) is 0 Å². The van der Waals surface area contributed by atoms with Crippen LogP contribution in [0.2, 0.25) is 0 Å². The Balaban J connectivity index is 3.23. The number of ether oxygens (including phenoxy) is 2. The molecule has 0 fully saturated rings. The Morgan fingerprint density at radius 2 is 1.80 bits per heavy atom. The van der Waals surface area contributed by atoms with Gasteiger partial charge in [0.2, 0.25) is 0 Å². The molecule has 1 aromatic carbocycles. The Bertz CT molecular complexity index is 477. The lowest BCUT2D eigenvalue weighted by Crippen LogP contribution is -2.22. The minimum absolute atomic E-state index is 0.218. The molecule has 0 heterocycles. The van der Waals surface area contributed by atoms with Crippen molar-refractivity contribution >= 4 is 0 Å². The van der Waals surface area contributed by atoms with E-state index in [4.69, 9.17) is 20.1 Å². The maximum Gasteiger partial charge on any atom is 0.128 e. The molecule has 0 saturated heterocycles. The second kappa shape index (κ2) is 7.56. The Morgan fingerprint density at radius 1 is 1.25 bits per heavy atom. The van der Waals surface area contributed by atoms with Crippen molar-refractivity contribution in [2.75, 3.05) is 20.8 Å². The number of aliphatic hydroxyl groups is 3. The van der Waals surface area contributed by atoms with Gasteiger partial charge in [-0.15, -0.1) is 0 Å². The Morgan fingerprint density at radius 3 is 2.20 bits per heavy atom. The van der Waals surface area contributed by atoms with E-state index in [9.17, 15) is 10.2 Å². The third-order valence-electron chi connectivity index (χ3n) is 2.78. The number of rotatable bonds is 7. The third kappa shape index (κ3) is 3.52. The van der Waals surface area contributed by atoms with Gasteiger partial charge in [-0.05, 0) is 23.2 Å². The van der Waals surface area contributed by atoms with Crippen molar-refractivity contribution in [3.05, 3.63) is 33.7 Å². The van der Waals surface area contributed by atoms with Crippen molar-refractivity contribution in [3.8, 4) is 11.5 Å². The van der Waals surface area contributed by atoms with Crippen LogP contribution in [0.15, 0.2) is 17.2 Å². The zero-order chi connectivity index (χ0) is 15.1. The van der Waals surface area contributed by atoms with Gasteiger partial charge >= 0.3 is 0 Å². The average Bonchev–Trinajstić information content (AvgIpc) is 2.50. The van der Waals surface area contributed by atoms with Crippen LogP contribution in [0.4, 0.5) is 0 Å². The van der Waals surface area contributed by atoms with Gasteiger partial charge in [-0.3, -0.25) is 0 Å². The highest BCUT2D eigenvalue weighted by Crippen LogP contribution is 2.37. The monoisotopic (exact) mass is 283 g/mol. The van der Waals surface area contributed by atoms with Crippen LogP contribution in [0, 0.1) is 0 Å². The summed E-state index contributed by atoms with van der Waals surface area (Å²) in [5.74, 6) is 0.529. The molecule has 0 bridgehead atoms. The number of methoxy groups -OCH3 is 2. The summed E-state index contributed by atoms with van der Waals surface area (Å²) < 4.78 is 10.3. The summed E-state index contributed by atoms with van der Waals surface area (Å²) in [6.45, 7) is -0.504. The number of azide groups is 1. The van der Waals surface area contributed by atoms with Crippen molar-refractivity contribution in [1.29, 1.82) is 0 Å². The molecule has 0 aliphatic heterocycles. The topological polar surface area (TPSA) is 128 Å². The molecule has 8 nitrogen and oxygen atoms in total. The zero-order valence-electron chi connectivity index (χ0n) is 11.2. The summed E-state index contributed by atoms with van der Waals surface area (Å²) in [6.07, 6.45) is -2.65. The van der Waals surface area contributed by atoms with E-state index >= 15 is 0 Å². The number of hydrogen-bond acceptors (Lipinski definition) is 6. The van der Waals surface area contributed by atoms with Crippen LogP contribution in [-0.2, 0) is 6.61 Å². The molecule has 0 spiro atoms. The van der Waals surface area contributed by atoms with Gasteiger partial charge in [0, 0.05) is 4.91 Å². The molecule has 0 amide bonds. The van der Waals surface area contributed by atoms with Gasteiger partial charge in [0.25, 0.3) is 0 Å². The number of nitrogens with zero attached hydrogens (tertiary/aromatic N) is 3. The fourth-order valence-corrected chi connectivity index (χ4v) is 1.79. The van der Waals surface area contributed by atoms with Crippen molar-refractivity contribution in [2.24, 2.45) is 5.11 Å². The molecule has 0 aliphatic carbocycles. The van der Waals surface area contributed by atoms with Gasteiger partial charge in [0.05, 0.1) is 39.0 Å². The van der Waals surface area contributed by atoms with Gasteiger partial charge in [0.1, 0.15) is 17.6 Å². The summed E-state index contributed by atoms with van der Waals surface area (Å²) >= 11 is 0. The smallest absolute Gasteiger partial charge is 0.128 e. The summed E-state index contributed by atoms with van der Waals surface area (Å²) in [5.41, 5.74) is 9.00. The number of hydrogen-bond donors (Lipinski definition) is 3. The first-order valence-corrected chi connectivity index (χ1v) is 5.81. The van der Waals surface area contributed by atoms with E-state index in [1.165, 1.54) is 26.4 Å². The Hall–Kier alpha value is -1.99. The standard InChI is InChI=1S/C12H17N3O5/c1-19-9-3-7(6-16)4-10(20-2)11(9)12(18)8(17)5-14-15-13/h3-4,8,12,16-18H,5-6H2,1-2H3. The summed E-state index contributed by atoms with van der Waals surface area (Å²) in [4.78, 5) is 2.52. The van der Waals surface area contributed by atoms with Crippen molar-refractivity contribution < 1.29 is 24.8 Å². The van der Waals surface area contributed by atoms with Gasteiger partial charge < -0.3 is 24.8 Å². The lowest BCUT2D eigenvalue weighted by atomic mass is 10.00. The molecule has 0 radical (unpaired) electrons. The minimum Gasteiger partial charge on any atom is -0.496 e. The molecule has 1 rings (SSSR count). The molecule has 110 valence electrons. The fraction of sp³-hybridized carbons (Fsp3) is 0.500. The number of benzene rings is 1. The molecular weight excluding hydrogens is 266 g/mol. The first kappa shape index (κ1) is 16.1. The number of aliphatic hydroxyl groups excluding tert-OH is 3. The molecular formula is C12H17N3O5. The SMILES string of the molecule is COc1cc(CO)cc(OC)c1C(O)C(O)CN=[N+]=[N-]. The van der Waals surface area contributed by atoms with Crippen molar-refractivity contribution in [3.63, 3.8) is 0 Å². The first-order chi connectivity index (χ1) is 9.58. The van der Waals surface area contributed by atoms with Crippen molar-refractivity contribution in [1.82, 2.24) is 0 Å². The van der Waals surface area contributed by atoms with Crippen LogP contribution in [0.5, 0.6) is 11.5 Å². The van der Waals surface area contributed by atoms with E-state index < -0.39 is 12.2 Å². The second-order valence-corrected chi connectivity index (χ2v) is 4.00. The zero-order valence-corrected chi connectivity index (χ0v) is 11.2. The van der Waals surface area contributed by atoms with Gasteiger partial charge in [-0.1, -0.05) is 5.11 Å². The lowest BCUT2D eigenvalue weighted by molar-refractivity contribution is 0.0215. The molecule has 2 unspecified atom stereocenters. The Kier molecular flexibility index (Phi) is 6.08. The average molecular weight is 283 g/mol. The van der Waals surface area contributed by atoms with Crippen LogP contribution in [-0.4, -0.2) is 42.2 Å². The first-order valence-electron chi connectivity index (χ1n) is 5.81. The van der Waals surface area contributed by atoms with Gasteiger partial charge in [-0.2, -0.15) is 0 Å². The lowest BCUT2D eigenvalue weighted by Gasteiger charge is -2.22. The predicted octanol–water partition coefficient (Wildman–Crippen LogP) is 0.901. The summed E-state index contributed by atoms with van der Waals surface area (Å²) in [5, 5.41) is 32.3. The van der Waals surface area contributed by atoms with E-state index in [0.29, 0.717) is 5.56 Å². The molecule has 0 aliphatic rings. The molecule has 0 saturated carbocycles. The van der Waals surface area contributed by atoms with Crippen LogP contribution in [0.25, 0.3) is 10.4 Å². The maximum atomic E-state index is 10.1. The molecule has 2 atom stereocenters. The summed E-state index contributed by atoms with van der Waals surface area (Å²) in [7, 11) is 2.79. The normalized spacial score (nSPS) is 13.2. The van der Waals surface area contributed by atoms with E-state index in [0.717, 1.165) is 0 Å². The van der Waals surface area contributed by atoms with Crippen LogP contribution >= 0.6 is 0 Å². The highest BCUT2D eigenvalue weighted by atomic mass is 16.5. The molecule has 8 heteroatoms. The molecule has 3 N–H and O–H groups in total. The Labute approximate surface area is 115 Å². The van der Waals surface area contributed by atoms with Gasteiger partial charge in [-0.25, -0.2) is 0 Å². The highest BCUT2D eigenvalue weighted by molar-refractivity contribution is 5.49.